The summed E-state index contributed by atoms with van der Waals surface area (Å²) in [5.41, 5.74) is 4.16. The first kappa shape index (κ1) is 9.29. The van der Waals surface area contributed by atoms with E-state index < -0.39 is 0 Å². The molecule has 0 spiro atoms. The average molecular weight is 169 g/mol. The molecule has 1 N–H and O–H groups in total. The Bertz CT molecular complexity index is 197. The summed E-state index contributed by atoms with van der Waals surface area (Å²) < 4.78 is 5.11. The van der Waals surface area contributed by atoms with Crippen molar-refractivity contribution in [2.24, 2.45) is 0 Å². The fourth-order valence-corrected chi connectivity index (χ4v) is 1.14. The number of hydrogen-bond donors (Lipinski definition) is 1. The van der Waals surface area contributed by atoms with Crippen LogP contribution in [0.4, 0.5) is 0 Å². The van der Waals surface area contributed by atoms with Gasteiger partial charge in [-0.1, -0.05) is 11.6 Å². The number of allylic oxidation sites excluding steroid dienone is 3. The zero-order valence-corrected chi connectivity index (χ0v) is 7.59. The number of ether oxygens (including phenoxy) is 1. The second-order valence-corrected chi connectivity index (χ2v) is 2.69. The number of methoxy groups -OCH3 is 1. The van der Waals surface area contributed by atoms with Crippen molar-refractivity contribution >= 4 is 0 Å². The number of hydroxylamine groups is 1. The van der Waals surface area contributed by atoms with E-state index in [9.17, 15) is 0 Å². The molecule has 0 aromatic heterocycles. The third-order valence-corrected chi connectivity index (χ3v) is 1.90. The SMILES string of the molecule is CONCC1=CC=C(OC)CC1. The molecule has 0 atom stereocenters. The molecule has 68 valence electrons. The van der Waals surface area contributed by atoms with E-state index in [0.29, 0.717) is 0 Å². The molecule has 3 heteroatoms. The van der Waals surface area contributed by atoms with Crippen molar-refractivity contribution in [1.82, 2.24) is 5.48 Å². The highest BCUT2D eigenvalue weighted by Gasteiger charge is 2.05. The van der Waals surface area contributed by atoms with E-state index in [1.54, 1.807) is 14.2 Å². The molecule has 0 unspecified atom stereocenters. The fraction of sp³-hybridized carbons (Fsp3) is 0.556. The van der Waals surface area contributed by atoms with Crippen molar-refractivity contribution in [1.29, 1.82) is 0 Å². The average Bonchev–Trinajstić information content (AvgIpc) is 2.15. The van der Waals surface area contributed by atoms with Crippen molar-refractivity contribution in [2.45, 2.75) is 12.8 Å². The Kier molecular flexibility index (Phi) is 3.84. The molecule has 1 rings (SSSR count). The van der Waals surface area contributed by atoms with Crippen molar-refractivity contribution < 1.29 is 9.57 Å². The molecule has 0 aliphatic heterocycles. The van der Waals surface area contributed by atoms with E-state index >= 15 is 0 Å². The second-order valence-electron chi connectivity index (χ2n) is 2.69. The van der Waals surface area contributed by atoms with Gasteiger partial charge in [-0.2, -0.15) is 5.48 Å². The van der Waals surface area contributed by atoms with E-state index in [-0.39, 0.29) is 0 Å². The van der Waals surface area contributed by atoms with Gasteiger partial charge in [-0.15, -0.1) is 0 Å². The van der Waals surface area contributed by atoms with Crippen LogP contribution in [0.2, 0.25) is 0 Å². The van der Waals surface area contributed by atoms with Crippen LogP contribution in [0.15, 0.2) is 23.5 Å². The number of rotatable bonds is 4. The van der Waals surface area contributed by atoms with Gasteiger partial charge < -0.3 is 9.57 Å². The van der Waals surface area contributed by atoms with Crippen molar-refractivity contribution in [3.05, 3.63) is 23.5 Å². The lowest BCUT2D eigenvalue weighted by Gasteiger charge is -2.13. The van der Waals surface area contributed by atoms with Gasteiger partial charge in [-0.05, 0) is 12.5 Å². The minimum Gasteiger partial charge on any atom is -0.501 e. The molecular weight excluding hydrogens is 154 g/mol. The minimum atomic E-state index is 0.796. The maximum Gasteiger partial charge on any atom is 0.0958 e. The maximum absolute atomic E-state index is 5.11. The molecule has 3 nitrogen and oxygen atoms in total. The summed E-state index contributed by atoms with van der Waals surface area (Å²) in [6.45, 7) is 0.796. The molecule has 0 saturated heterocycles. The first-order chi connectivity index (χ1) is 5.86. The van der Waals surface area contributed by atoms with Gasteiger partial charge in [0.2, 0.25) is 0 Å². The molecular formula is C9H15NO2. The Labute approximate surface area is 73.0 Å². The summed E-state index contributed by atoms with van der Waals surface area (Å²) in [5.74, 6) is 1.05. The maximum atomic E-state index is 5.11. The van der Waals surface area contributed by atoms with Crippen molar-refractivity contribution in [2.75, 3.05) is 20.8 Å². The second kappa shape index (κ2) is 4.95. The van der Waals surface area contributed by atoms with Crippen LogP contribution in [0.25, 0.3) is 0 Å². The van der Waals surface area contributed by atoms with Gasteiger partial charge in [0, 0.05) is 13.0 Å². The highest BCUT2D eigenvalue weighted by atomic mass is 16.6. The van der Waals surface area contributed by atoms with E-state index in [1.165, 1.54) is 5.57 Å². The van der Waals surface area contributed by atoms with Gasteiger partial charge >= 0.3 is 0 Å². The Morgan fingerprint density at radius 2 is 2.17 bits per heavy atom. The quantitative estimate of drug-likeness (QED) is 0.645. The highest BCUT2D eigenvalue weighted by Crippen LogP contribution is 2.17. The van der Waals surface area contributed by atoms with Crippen LogP contribution < -0.4 is 5.48 Å². The van der Waals surface area contributed by atoms with Crippen LogP contribution in [0, 0.1) is 0 Å². The number of hydrogen-bond acceptors (Lipinski definition) is 3. The Morgan fingerprint density at radius 3 is 2.67 bits per heavy atom. The lowest BCUT2D eigenvalue weighted by molar-refractivity contribution is 0.0982. The molecule has 12 heavy (non-hydrogen) atoms. The molecule has 0 aromatic rings. The first-order valence-corrected chi connectivity index (χ1v) is 4.05. The van der Waals surface area contributed by atoms with Crippen LogP contribution >= 0.6 is 0 Å². The van der Waals surface area contributed by atoms with Gasteiger partial charge in [0.25, 0.3) is 0 Å². The lowest BCUT2D eigenvalue weighted by atomic mass is 10.0. The van der Waals surface area contributed by atoms with E-state index in [0.717, 1.165) is 25.1 Å². The predicted molar refractivity (Wildman–Crippen MR) is 47.4 cm³/mol. The first-order valence-electron chi connectivity index (χ1n) is 4.05. The molecule has 0 saturated carbocycles. The van der Waals surface area contributed by atoms with Crippen LogP contribution in [0.3, 0.4) is 0 Å². The highest BCUT2D eigenvalue weighted by molar-refractivity contribution is 5.21. The zero-order valence-electron chi connectivity index (χ0n) is 7.59. The van der Waals surface area contributed by atoms with Gasteiger partial charge in [-0.3, -0.25) is 0 Å². The number of nitrogens with one attached hydrogen (secondary N) is 1. The standard InChI is InChI=1S/C9H15NO2/c1-11-9-5-3-8(4-6-9)7-10-12-2/h3,5,10H,4,6-7H2,1-2H3. The van der Waals surface area contributed by atoms with Gasteiger partial charge in [0.15, 0.2) is 0 Å². The summed E-state index contributed by atoms with van der Waals surface area (Å²) in [6, 6.07) is 0. The fourth-order valence-electron chi connectivity index (χ4n) is 1.14. The van der Waals surface area contributed by atoms with E-state index in [1.807, 2.05) is 6.08 Å². The summed E-state index contributed by atoms with van der Waals surface area (Å²) >= 11 is 0. The Hall–Kier alpha value is -0.800. The van der Waals surface area contributed by atoms with Crippen LogP contribution in [0.1, 0.15) is 12.8 Å². The van der Waals surface area contributed by atoms with Gasteiger partial charge in [0.05, 0.1) is 20.0 Å². The zero-order chi connectivity index (χ0) is 8.81. The topological polar surface area (TPSA) is 30.5 Å². The lowest BCUT2D eigenvalue weighted by Crippen LogP contribution is -2.16. The normalized spacial score (nSPS) is 16.8. The van der Waals surface area contributed by atoms with Crippen molar-refractivity contribution in [3.8, 4) is 0 Å². The van der Waals surface area contributed by atoms with Crippen LogP contribution in [-0.4, -0.2) is 20.8 Å². The predicted octanol–water partition coefficient (Wildman–Crippen LogP) is 1.39. The molecule has 0 aromatic carbocycles. The Morgan fingerprint density at radius 1 is 1.33 bits per heavy atom. The summed E-state index contributed by atoms with van der Waals surface area (Å²) in [6.07, 6.45) is 6.13. The molecule has 0 heterocycles. The molecule has 0 radical (unpaired) electrons. The van der Waals surface area contributed by atoms with Gasteiger partial charge in [0.1, 0.15) is 0 Å². The van der Waals surface area contributed by atoms with Crippen LogP contribution in [-0.2, 0) is 9.57 Å². The third-order valence-electron chi connectivity index (χ3n) is 1.90. The largest absolute Gasteiger partial charge is 0.501 e. The summed E-state index contributed by atoms with van der Waals surface area (Å²) in [7, 11) is 3.33. The third kappa shape index (κ3) is 2.68. The molecule has 1 aliphatic carbocycles. The molecule has 0 fully saturated rings. The molecule has 0 bridgehead atoms. The summed E-state index contributed by atoms with van der Waals surface area (Å²) in [5, 5.41) is 0. The molecule has 1 aliphatic rings. The minimum absolute atomic E-state index is 0.796. The molecule has 0 amide bonds. The monoisotopic (exact) mass is 169 g/mol. The van der Waals surface area contributed by atoms with Crippen LogP contribution in [0.5, 0.6) is 0 Å². The van der Waals surface area contributed by atoms with Gasteiger partial charge in [-0.25, -0.2) is 0 Å². The smallest absolute Gasteiger partial charge is 0.0958 e. The van der Waals surface area contributed by atoms with Crippen molar-refractivity contribution in [3.63, 3.8) is 0 Å². The van der Waals surface area contributed by atoms with E-state index in [4.69, 9.17) is 9.57 Å². The summed E-state index contributed by atoms with van der Waals surface area (Å²) in [4.78, 5) is 4.75. The Balaban J connectivity index is 2.37. The van der Waals surface area contributed by atoms with E-state index in [2.05, 4.69) is 11.6 Å².